The molecule has 1 fully saturated rings. The van der Waals surface area contributed by atoms with Crippen LogP contribution in [0.3, 0.4) is 0 Å². The molecule has 0 aromatic heterocycles. The Hall–Kier alpha value is -1.01. The van der Waals surface area contributed by atoms with Crippen LogP contribution in [0.2, 0.25) is 0 Å². The number of likely N-dealkylation sites (N-methyl/N-ethyl adjacent to an activating group) is 1. The zero-order valence-electron chi connectivity index (χ0n) is 8.21. The van der Waals surface area contributed by atoms with Crippen LogP contribution in [0.5, 0.6) is 0 Å². The molecule has 1 N–H and O–H groups in total. The minimum Gasteiger partial charge on any atom is -0.344 e. The van der Waals surface area contributed by atoms with Crippen molar-refractivity contribution in [2.75, 3.05) is 13.6 Å². The number of likely N-dealkylation sites (tertiary alicyclic amines) is 1. The maximum atomic E-state index is 11.2. The van der Waals surface area contributed by atoms with Crippen molar-refractivity contribution >= 4 is 5.91 Å². The Morgan fingerprint density at radius 1 is 1.85 bits per heavy atom. The molecule has 72 valence electrons. The van der Waals surface area contributed by atoms with E-state index in [9.17, 15) is 4.79 Å². The number of nitrogens with zero attached hydrogens (tertiary/aromatic N) is 1. The van der Waals surface area contributed by atoms with E-state index in [2.05, 4.69) is 11.2 Å². The van der Waals surface area contributed by atoms with E-state index in [1.165, 1.54) is 0 Å². The Morgan fingerprint density at radius 3 is 2.92 bits per heavy atom. The summed E-state index contributed by atoms with van der Waals surface area (Å²) in [5, 5.41) is 3.28. The summed E-state index contributed by atoms with van der Waals surface area (Å²) in [7, 11) is 1.82. The Kier molecular flexibility index (Phi) is 3.32. The monoisotopic (exact) mass is 180 g/mol. The van der Waals surface area contributed by atoms with E-state index in [-0.39, 0.29) is 18.0 Å². The Balaban J connectivity index is 2.40. The average molecular weight is 180 g/mol. The highest BCUT2D eigenvalue weighted by molar-refractivity contribution is 5.78. The maximum Gasteiger partial charge on any atom is 0.224 e. The minimum atomic E-state index is 0.101. The molecule has 1 amide bonds. The van der Waals surface area contributed by atoms with Crippen LogP contribution < -0.4 is 5.32 Å². The lowest BCUT2D eigenvalue weighted by Crippen LogP contribution is -2.38. The first-order chi connectivity index (χ1) is 6.17. The highest BCUT2D eigenvalue weighted by atomic mass is 16.2. The lowest BCUT2D eigenvalue weighted by atomic mass is 10.2. The minimum absolute atomic E-state index is 0.101. The second kappa shape index (κ2) is 4.29. The van der Waals surface area contributed by atoms with Gasteiger partial charge in [-0.15, -0.1) is 6.42 Å². The third kappa shape index (κ3) is 2.46. The molecule has 1 aliphatic heterocycles. The van der Waals surface area contributed by atoms with Gasteiger partial charge in [0.15, 0.2) is 0 Å². The van der Waals surface area contributed by atoms with Crippen LogP contribution >= 0.6 is 0 Å². The predicted molar refractivity (Wildman–Crippen MR) is 52.1 cm³/mol. The van der Waals surface area contributed by atoms with Crippen LogP contribution in [0.1, 0.15) is 19.8 Å². The van der Waals surface area contributed by atoms with Crippen LogP contribution in [0.4, 0.5) is 0 Å². The van der Waals surface area contributed by atoms with Crippen molar-refractivity contribution in [3.8, 4) is 12.3 Å². The molecule has 0 aromatic carbocycles. The zero-order valence-corrected chi connectivity index (χ0v) is 8.21. The molecular formula is C10H16N2O. The smallest absolute Gasteiger partial charge is 0.224 e. The van der Waals surface area contributed by atoms with Gasteiger partial charge < -0.3 is 4.90 Å². The van der Waals surface area contributed by atoms with Gasteiger partial charge in [-0.05, 0) is 6.42 Å². The number of amides is 1. The SMILES string of the molecule is C#CC(CC)NC1CC(=O)N(C)C1. The summed E-state index contributed by atoms with van der Waals surface area (Å²) in [6.07, 6.45) is 6.81. The lowest BCUT2D eigenvalue weighted by Gasteiger charge is -2.16. The van der Waals surface area contributed by atoms with Gasteiger partial charge in [0, 0.05) is 26.1 Å². The largest absolute Gasteiger partial charge is 0.344 e. The number of carbonyl (C=O) groups excluding carboxylic acids is 1. The zero-order chi connectivity index (χ0) is 9.84. The van der Waals surface area contributed by atoms with Gasteiger partial charge in [0.25, 0.3) is 0 Å². The fraction of sp³-hybridized carbons (Fsp3) is 0.700. The van der Waals surface area contributed by atoms with E-state index < -0.39 is 0 Å². The molecule has 1 rings (SSSR count). The summed E-state index contributed by atoms with van der Waals surface area (Å²) >= 11 is 0. The Labute approximate surface area is 79.5 Å². The summed E-state index contributed by atoms with van der Waals surface area (Å²) in [6.45, 7) is 2.81. The molecule has 0 aromatic rings. The summed E-state index contributed by atoms with van der Waals surface area (Å²) in [5.74, 6) is 2.87. The maximum absolute atomic E-state index is 11.2. The average Bonchev–Trinajstić information content (AvgIpc) is 2.42. The molecule has 0 spiro atoms. The second-order valence-corrected chi connectivity index (χ2v) is 3.47. The number of carbonyl (C=O) groups is 1. The van der Waals surface area contributed by atoms with Crippen molar-refractivity contribution in [3.63, 3.8) is 0 Å². The fourth-order valence-electron chi connectivity index (χ4n) is 1.54. The standard InChI is InChI=1S/C10H16N2O/c1-4-8(5-2)11-9-6-10(13)12(3)7-9/h1,8-9,11H,5-7H2,2-3H3. The molecule has 1 saturated heterocycles. The molecule has 2 atom stereocenters. The molecular weight excluding hydrogens is 164 g/mol. The predicted octanol–water partition coefficient (Wildman–Crippen LogP) is 0.218. The van der Waals surface area contributed by atoms with Crippen molar-refractivity contribution in [2.24, 2.45) is 0 Å². The molecule has 3 nitrogen and oxygen atoms in total. The van der Waals surface area contributed by atoms with Crippen LogP contribution in [0, 0.1) is 12.3 Å². The third-order valence-corrected chi connectivity index (χ3v) is 2.39. The van der Waals surface area contributed by atoms with Gasteiger partial charge in [0.05, 0.1) is 6.04 Å². The molecule has 13 heavy (non-hydrogen) atoms. The summed E-state index contributed by atoms with van der Waals surface area (Å²) in [5.41, 5.74) is 0. The van der Waals surface area contributed by atoms with E-state index in [1.54, 1.807) is 4.90 Å². The Bertz CT molecular complexity index is 232. The van der Waals surface area contributed by atoms with Gasteiger partial charge in [-0.2, -0.15) is 0 Å². The summed E-state index contributed by atoms with van der Waals surface area (Å²) in [4.78, 5) is 12.9. The molecule has 3 heteroatoms. The first-order valence-corrected chi connectivity index (χ1v) is 4.63. The highest BCUT2D eigenvalue weighted by Crippen LogP contribution is 2.09. The quantitative estimate of drug-likeness (QED) is 0.630. The molecule has 0 radical (unpaired) electrons. The number of terminal acetylenes is 1. The van der Waals surface area contributed by atoms with Crippen molar-refractivity contribution in [2.45, 2.75) is 31.8 Å². The van der Waals surface area contributed by atoms with E-state index in [0.29, 0.717) is 6.42 Å². The molecule has 0 saturated carbocycles. The molecule has 0 aliphatic carbocycles. The third-order valence-electron chi connectivity index (χ3n) is 2.39. The van der Waals surface area contributed by atoms with Crippen molar-refractivity contribution in [1.82, 2.24) is 10.2 Å². The molecule has 1 heterocycles. The van der Waals surface area contributed by atoms with Gasteiger partial charge >= 0.3 is 0 Å². The lowest BCUT2D eigenvalue weighted by molar-refractivity contribution is -0.126. The van der Waals surface area contributed by atoms with Gasteiger partial charge in [0.2, 0.25) is 5.91 Å². The summed E-state index contributed by atoms with van der Waals surface area (Å²) in [6, 6.07) is 0.336. The van der Waals surface area contributed by atoms with E-state index in [0.717, 1.165) is 13.0 Å². The van der Waals surface area contributed by atoms with Crippen molar-refractivity contribution in [1.29, 1.82) is 0 Å². The van der Waals surface area contributed by atoms with Gasteiger partial charge in [-0.25, -0.2) is 0 Å². The second-order valence-electron chi connectivity index (χ2n) is 3.47. The number of hydrogen-bond donors (Lipinski definition) is 1. The van der Waals surface area contributed by atoms with Crippen LogP contribution in [-0.2, 0) is 4.79 Å². The van der Waals surface area contributed by atoms with Gasteiger partial charge in [-0.3, -0.25) is 10.1 Å². The number of hydrogen-bond acceptors (Lipinski definition) is 2. The van der Waals surface area contributed by atoms with Crippen molar-refractivity contribution < 1.29 is 4.79 Å². The topological polar surface area (TPSA) is 32.3 Å². The summed E-state index contributed by atoms with van der Waals surface area (Å²) < 4.78 is 0. The normalized spacial score (nSPS) is 24.5. The number of nitrogens with one attached hydrogen (secondary N) is 1. The highest BCUT2D eigenvalue weighted by Gasteiger charge is 2.27. The van der Waals surface area contributed by atoms with Crippen LogP contribution in [-0.4, -0.2) is 36.5 Å². The van der Waals surface area contributed by atoms with Crippen LogP contribution in [0.15, 0.2) is 0 Å². The van der Waals surface area contributed by atoms with Gasteiger partial charge in [0.1, 0.15) is 0 Å². The van der Waals surface area contributed by atoms with E-state index in [4.69, 9.17) is 6.42 Å². The molecule has 0 bridgehead atoms. The number of rotatable bonds is 3. The fourth-order valence-corrected chi connectivity index (χ4v) is 1.54. The van der Waals surface area contributed by atoms with E-state index in [1.807, 2.05) is 14.0 Å². The van der Waals surface area contributed by atoms with Crippen LogP contribution in [0.25, 0.3) is 0 Å². The van der Waals surface area contributed by atoms with Gasteiger partial charge in [-0.1, -0.05) is 12.8 Å². The molecule has 2 unspecified atom stereocenters. The first kappa shape index (κ1) is 10.1. The first-order valence-electron chi connectivity index (χ1n) is 4.63. The van der Waals surface area contributed by atoms with E-state index >= 15 is 0 Å². The molecule has 1 aliphatic rings. The Morgan fingerprint density at radius 2 is 2.54 bits per heavy atom. The van der Waals surface area contributed by atoms with Crippen molar-refractivity contribution in [3.05, 3.63) is 0 Å².